The van der Waals surface area contributed by atoms with Crippen LogP contribution in [0.4, 0.5) is 0 Å². The molecule has 308 valence electrons. The third-order valence-corrected chi connectivity index (χ3v) is 9.57. The van der Waals surface area contributed by atoms with Gasteiger partial charge in [0.25, 0.3) is 7.82 Å². The summed E-state index contributed by atoms with van der Waals surface area (Å²) in [6, 6.07) is 0. The van der Waals surface area contributed by atoms with Crippen LogP contribution in [0.15, 0.2) is 48.6 Å². The average Bonchev–Trinajstić information content (AvgIpc) is 3.10. The molecule has 0 bridgehead atoms. The van der Waals surface area contributed by atoms with E-state index in [2.05, 4.69) is 62.5 Å². The number of rotatable bonds is 37. The molecule has 0 amide bonds. The number of likely N-dealkylation sites (N-methyl/N-ethyl adjacent to an activating group) is 1. The van der Waals surface area contributed by atoms with E-state index >= 15 is 0 Å². The van der Waals surface area contributed by atoms with Crippen molar-refractivity contribution in [2.45, 2.75) is 168 Å². The lowest BCUT2D eigenvalue weighted by molar-refractivity contribution is -0.870. The molecule has 0 fully saturated rings. The third kappa shape index (κ3) is 39.5. The molecular formula is C43H78NO8P. The molecule has 0 aliphatic heterocycles. The molecule has 0 N–H and O–H groups in total. The summed E-state index contributed by atoms with van der Waals surface area (Å²) in [5.74, 6) is -0.874. The predicted octanol–water partition coefficient (Wildman–Crippen LogP) is 10.9. The fraction of sp³-hybridized carbons (Fsp3) is 0.767. The van der Waals surface area contributed by atoms with Gasteiger partial charge in [-0.05, 0) is 57.8 Å². The van der Waals surface area contributed by atoms with E-state index in [1.54, 1.807) is 0 Å². The van der Waals surface area contributed by atoms with Crippen molar-refractivity contribution < 1.29 is 42.1 Å². The minimum Gasteiger partial charge on any atom is -0.756 e. The molecule has 1 unspecified atom stereocenters. The van der Waals surface area contributed by atoms with Gasteiger partial charge < -0.3 is 27.9 Å². The fourth-order valence-corrected chi connectivity index (χ4v) is 6.01. The van der Waals surface area contributed by atoms with Gasteiger partial charge in [0.15, 0.2) is 6.10 Å². The van der Waals surface area contributed by atoms with Crippen molar-refractivity contribution in [2.24, 2.45) is 0 Å². The summed E-state index contributed by atoms with van der Waals surface area (Å²) in [6.45, 7) is 4.13. The van der Waals surface area contributed by atoms with Crippen LogP contribution >= 0.6 is 7.82 Å². The first-order chi connectivity index (χ1) is 25.5. The molecule has 53 heavy (non-hydrogen) atoms. The number of carbonyl (C=O) groups excluding carboxylic acids is 2. The molecule has 9 nitrogen and oxygen atoms in total. The second-order valence-electron chi connectivity index (χ2n) is 15.0. The van der Waals surface area contributed by atoms with Crippen molar-refractivity contribution in [3.63, 3.8) is 0 Å². The second kappa shape index (κ2) is 35.7. The summed E-state index contributed by atoms with van der Waals surface area (Å²) in [4.78, 5) is 37.4. The van der Waals surface area contributed by atoms with Crippen LogP contribution in [0, 0.1) is 0 Å². The van der Waals surface area contributed by atoms with E-state index in [0.717, 1.165) is 57.8 Å². The summed E-state index contributed by atoms with van der Waals surface area (Å²) in [6.07, 6.45) is 40.0. The first-order valence-electron chi connectivity index (χ1n) is 20.8. The van der Waals surface area contributed by atoms with Gasteiger partial charge in [0, 0.05) is 12.8 Å². The number of allylic oxidation sites excluding steroid dienone is 8. The molecule has 0 saturated heterocycles. The number of ether oxygens (including phenoxy) is 2. The van der Waals surface area contributed by atoms with E-state index in [1.165, 1.54) is 64.2 Å². The number of carbonyl (C=O) groups is 2. The van der Waals surface area contributed by atoms with Gasteiger partial charge in [0.2, 0.25) is 0 Å². The van der Waals surface area contributed by atoms with Crippen LogP contribution in [-0.2, 0) is 32.7 Å². The number of unbranched alkanes of at least 4 members (excludes halogenated alkanes) is 15. The van der Waals surface area contributed by atoms with Crippen LogP contribution in [0.1, 0.15) is 162 Å². The Bertz CT molecular complexity index is 1050. The zero-order valence-electron chi connectivity index (χ0n) is 34.4. The van der Waals surface area contributed by atoms with Crippen molar-refractivity contribution in [2.75, 3.05) is 47.5 Å². The maximum absolute atomic E-state index is 12.6. The van der Waals surface area contributed by atoms with Gasteiger partial charge in [0.05, 0.1) is 27.7 Å². The van der Waals surface area contributed by atoms with Crippen molar-refractivity contribution >= 4 is 19.8 Å². The van der Waals surface area contributed by atoms with E-state index < -0.39 is 32.5 Å². The summed E-state index contributed by atoms with van der Waals surface area (Å²) in [7, 11) is 1.14. The first-order valence-corrected chi connectivity index (χ1v) is 22.3. The number of hydrogen-bond donors (Lipinski definition) is 0. The molecule has 0 aliphatic carbocycles. The quantitative estimate of drug-likeness (QED) is 0.0202. The molecule has 0 rings (SSSR count). The van der Waals surface area contributed by atoms with Crippen molar-refractivity contribution in [3.8, 4) is 0 Å². The van der Waals surface area contributed by atoms with Crippen molar-refractivity contribution in [1.29, 1.82) is 0 Å². The Morgan fingerprint density at radius 2 is 1.02 bits per heavy atom. The topological polar surface area (TPSA) is 111 Å². The highest BCUT2D eigenvalue weighted by Gasteiger charge is 2.21. The van der Waals surface area contributed by atoms with Gasteiger partial charge in [-0.25, -0.2) is 0 Å². The third-order valence-electron chi connectivity index (χ3n) is 8.60. The maximum Gasteiger partial charge on any atom is 0.306 e. The van der Waals surface area contributed by atoms with E-state index in [4.69, 9.17) is 18.5 Å². The maximum atomic E-state index is 12.6. The molecule has 0 heterocycles. The van der Waals surface area contributed by atoms with Crippen molar-refractivity contribution in [3.05, 3.63) is 48.6 Å². The van der Waals surface area contributed by atoms with Crippen molar-refractivity contribution in [1.82, 2.24) is 0 Å². The number of quaternary nitrogens is 1. The largest absolute Gasteiger partial charge is 0.756 e. The molecule has 0 aromatic rings. The Labute approximate surface area is 324 Å². The Morgan fingerprint density at radius 3 is 1.55 bits per heavy atom. The molecule has 0 aromatic heterocycles. The van der Waals surface area contributed by atoms with Crippen LogP contribution < -0.4 is 4.89 Å². The summed E-state index contributed by atoms with van der Waals surface area (Å²) in [5.41, 5.74) is 0. The number of hydrogen-bond acceptors (Lipinski definition) is 8. The van der Waals surface area contributed by atoms with Crippen LogP contribution in [0.25, 0.3) is 0 Å². The van der Waals surface area contributed by atoms with Crippen LogP contribution in [0.3, 0.4) is 0 Å². The predicted molar refractivity (Wildman–Crippen MR) is 217 cm³/mol. The van der Waals surface area contributed by atoms with E-state index in [9.17, 15) is 19.0 Å². The van der Waals surface area contributed by atoms with Crippen LogP contribution in [0.5, 0.6) is 0 Å². The average molecular weight is 768 g/mol. The minimum absolute atomic E-state index is 0.0368. The summed E-state index contributed by atoms with van der Waals surface area (Å²) >= 11 is 0. The molecular weight excluding hydrogens is 689 g/mol. The van der Waals surface area contributed by atoms with Gasteiger partial charge in [-0.1, -0.05) is 140 Å². The number of phosphoric acid groups is 1. The highest BCUT2D eigenvalue weighted by Crippen LogP contribution is 2.38. The first kappa shape index (κ1) is 51.0. The Balaban J connectivity index is 4.41. The Kier molecular flexibility index (Phi) is 34.3. The normalized spacial score (nSPS) is 14.2. The molecule has 10 heteroatoms. The molecule has 2 atom stereocenters. The fourth-order valence-electron chi connectivity index (χ4n) is 5.28. The molecule has 0 saturated carbocycles. The molecule has 0 aliphatic rings. The van der Waals surface area contributed by atoms with Crippen LogP contribution in [-0.4, -0.2) is 70.0 Å². The zero-order valence-corrected chi connectivity index (χ0v) is 35.3. The van der Waals surface area contributed by atoms with E-state index in [1.807, 2.05) is 21.1 Å². The van der Waals surface area contributed by atoms with Gasteiger partial charge in [-0.3, -0.25) is 14.2 Å². The van der Waals surface area contributed by atoms with E-state index in [0.29, 0.717) is 23.9 Å². The van der Waals surface area contributed by atoms with E-state index in [-0.39, 0.29) is 26.1 Å². The number of nitrogens with zero attached hydrogens (tertiary/aromatic N) is 1. The lowest BCUT2D eigenvalue weighted by Gasteiger charge is -2.28. The van der Waals surface area contributed by atoms with Gasteiger partial charge in [-0.2, -0.15) is 0 Å². The standard InChI is InChI=1S/C43H78NO8P/c1-6-8-10-12-14-16-18-19-20-21-22-23-24-25-26-28-29-31-33-35-42(45)49-39-41(40-51-53(47,48)50-38-37-44(3,4)5)52-43(46)36-34-32-30-27-17-15-13-11-9-7-2/h14,16,19-20,22-23,25-26,41H,6-13,15,17-18,21,24,27-40H2,1-5H3/b16-14+,20-19+,23-22+,26-25+/t41-/m0/s1. The van der Waals surface area contributed by atoms with Gasteiger partial charge >= 0.3 is 11.9 Å². The lowest BCUT2D eigenvalue weighted by Crippen LogP contribution is -2.37. The second-order valence-corrected chi connectivity index (χ2v) is 16.4. The highest BCUT2D eigenvalue weighted by molar-refractivity contribution is 7.45. The molecule has 0 spiro atoms. The SMILES string of the molecule is CCCCC/C=C/C/C=C/C/C=C/C/C=C/CCCCCC(=O)OC[C@@H](COP(=O)([O-])OCC[N+](C)(C)C)OC(=O)CCCCCCCCCCCC. The smallest absolute Gasteiger partial charge is 0.306 e. The molecule has 0 radical (unpaired) electrons. The number of esters is 2. The monoisotopic (exact) mass is 768 g/mol. The summed E-state index contributed by atoms with van der Waals surface area (Å²) < 4.78 is 33.7. The summed E-state index contributed by atoms with van der Waals surface area (Å²) in [5, 5.41) is 0. The Hall–Kier alpha value is -2.03. The van der Waals surface area contributed by atoms with Gasteiger partial charge in [0.1, 0.15) is 19.8 Å². The Morgan fingerprint density at radius 1 is 0.585 bits per heavy atom. The minimum atomic E-state index is -4.63. The highest BCUT2D eigenvalue weighted by atomic mass is 31.2. The molecule has 0 aromatic carbocycles. The number of phosphoric ester groups is 1. The van der Waals surface area contributed by atoms with Gasteiger partial charge in [-0.15, -0.1) is 0 Å². The zero-order chi connectivity index (χ0) is 39.3. The van der Waals surface area contributed by atoms with Crippen LogP contribution in [0.2, 0.25) is 0 Å². The lowest BCUT2D eigenvalue weighted by atomic mass is 10.1.